The van der Waals surface area contributed by atoms with Gasteiger partial charge in [-0.3, -0.25) is 9.59 Å². The standard InChI is InChI=1S/C17H25N3O2S.ClH/c1-17(2,3)20-16(22)12-4-6-13(7-5-12)19-15(21)10-14-11-23-9-8-18-14;/h4-7,14,18H,8-11H2,1-3H3,(H,19,21)(H,20,22);1H. The van der Waals surface area contributed by atoms with Gasteiger partial charge < -0.3 is 16.0 Å². The molecular formula is C17H26ClN3O2S. The summed E-state index contributed by atoms with van der Waals surface area (Å²) in [6.45, 7) is 6.78. The van der Waals surface area contributed by atoms with Crippen LogP contribution in [0, 0.1) is 0 Å². The molecule has 0 radical (unpaired) electrons. The van der Waals surface area contributed by atoms with Gasteiger partial charge in [0.25, 0.3) is 5.91 Å². The van der Waals surface area contributed by atoms with Gasteiger partial charge in [0.15, 0.2) is 0 Å². The lowest BCUT2D eigenvalue weighted by atomic mass is 10.1. The molecule has 0 bridgehead atoms. The zero-order valence-corrected chi connectivity index (χ0v) is 16.0. The molecule has 0 saturated carbocycles. The molecular weight excluding hydrogens is 346 g/mol. The normalized spacial score (nSPS) is 17.5. The van der Waals surface area contributed by atoms with E-state index in [1.807, 2.05) is 32.5 Å². The van der Waals surface area contributed by atoms with Gasteiger partial charge in [0, 0.05) is 47.3 Å². The largest absolute Gasteiger partial charge is 0.347 e. The number of amides is 2. The van der Waals surface area contributed by atoms with Crippen LogP contribution in [0.5, 0.6) is 0 Å². The average Bonchev–Trinajstić information content (AvgIpc) is 2.47. The van der Waals surface area contributed by atoms with Gasteiger partial charge in [0.1, 0.15) is 0 Å². The van der Waals surface area contributed by atoms with E-state index in [1.54, 1.807) is 24.3 Å². The maximum absolute atomic E-state index is 12.0. The Hall–Kier alpha value is -1.24. The summed E-state index contributed by atoms with van der Waals surface area (Å²) in [5.74, 6) is 1.96. The molecule has 3 N–H and O–H groups in total. The SMILES string of the molecule is CC(C)(C)NC(=O)c1ccc(NC(=O)CC2CSCCN2)cc1.Cl. The smallest absolute Gasteiger partial charge is 0.251 e. The van der Waals surface area contributed by atoms with Crippen LogP contribution in [0.25, 0.3) is 0 Å². The summed E-state index contributed by atoms with van der Waals surface area (Å²) in [6, 6.07) is 7.22. The predicted molar refractivity (Wildman–Crippen MR) is 103 cm³/mol. The quantitative estimate of drug-likeness (QED) is 0.761. The molecule has 1 aromatic carbocycles. The van der Waals surface area contributed by atoms with Gasteiger partial charge in [-0.25, -0.2) is 0 Å². The number of carbonyl (C=O) groups excluding carboxylic acids is 2. The average molecular weight is 372 g/mol. The lowest BCUT2D eigenvalue weighted by Crippen LogP contribution is -2.40. The van der Waals surface area contributed by atoms with Crippen LogP contribution in [0.2, 0.25) is 0 Å². The van der Waals surface area contributed by atoms with E-state index in [2.05, 4.69) is 16.0 Å². The van der Waals surface area contributed by atoms with E-state index in [1.165, 1.54) is 0 Å². The van der Waals surface area contributed by atoms with Gasteiger partial charge in [-0.05, 0) is 45.0 Å². The van der Waals surface area contributed by atoms with E-state index >= 15 is 0 Å². The molecule has 1 aliphatic rings. The number of thioether (sulfide) groups is 1. The molecule has 1 atom stereocenters. The van der Waals surface area contributed by atoms with Crippen molar-refractivity contribution in [2.45, 2.75) is 38.8 Å². The molecule has 0 aromatic heterocycles. The Balaban J connectivity index is 0.00000288. The third kappa shape index (κ3) is 7.11. The van der Waals surface area contributed by atoms with Gasteiger partial charge in [0.05, 0.1) is 0 Å². The third-order valence-corrected chi connectivity index (χ3v) is 4.48. The lowest BCUT2D eigenvalue weighted by molar-refractivity contribution is -0.116. The third-order valence-electron chi connectivity index (χ3n) is 3.35. The molecule has 134 valence electrons. The summed E-state index contributed by atoms with van der Waals surface area (Å²) in [5.41, 5.74) is 1.03. The fourth-order valence-electron chi connectivity index (χ4n) is 2.30. The second-order valence-corrected chi connectivity index (χ2v) is 7.91. The zero-order valence-electron chi connectivity index (χ0n) is 14.3. The van der Waals surface area contributed by atoms with Gasteiger partial charge >= 0.3 is 0 Å². The van der Waals surface area contributed by atoms with E-state index in [9.17, 15) is 9.59 Å². The molecule has 1 fully saturated rings. The van der Waals surface area contributed by atoms with E-state index in [-0.39, 0.29) is 35.8 Å². The van der Waals surface area contributed by atoms with Crippen molar-refractivity contribution in [2.75, 3.05) is 23.4 Å². The molecule has 2 rings (SSSR count). The molecule has 1 aromatic rings. The summed E-state index contributed by atoms with van der Waals surface area (Å²) in [7, 11) is 0. The van der Waals surface area contributed by atoms with Crippen LogP contribution in [0.15, 0.2) is 24.3 Å². The first kappa shape index (κ1) is 20.8. The molecule has 1 unspecified atom stereocenters. The highest BCUT2D eigenvalue weighted by Gasteiger charge is 2.17. The monoisotopic (exact) mass is 371 g/mol. The number of nitrogens with one attached hydrogen (secondary N) is 3. The minimum absolute atomic E-state index is 0. The number of halogens is 1. The van der Waals surface area contributed by atoms with Crippen molar-refractivity contribution < 1.29 is 9.59 Å². The lowest BCUT2D eigenvalue weighted by Gasteiger charge is -2.22. The topological polar surface area (TPSA) is 70.2 Å². The zero-order chi connectivity index (χ0) is 16.9. The van der Waals surface area contributed by atoms with Crippen LogP contribution in [0.4, 0.5) is 5.69 Å². The minimum Gasteiger partial charge on any atom is -0.347 e. The van der Waals surface area contributed by atoms with Crippen LogP contribution in [0.1, 0.15) is 37.6 Å². The number of carbonyl (C=O) groups is 2. The minimum atomic E-state index is -0.269. The van der Waals surface area contributed by atoms with Crippen molar-refractivity contribution in [3.8, 4) is 0 Å². The Bertz CT molecular complexity index is 552. The molecule has 7 heteroatoms. The summed E-state index contributed by atoms with van der Waals surface area (Å²) in [5, 5.41) is 9.14. The fourth-order valence-corrected chi connectivity index (χ4v) is 3.25. The number of benzene rings is 1. The molecule has 24 heavy (non-hydrogen) atoms. The van der Waals surface area contributed by atoms with Crippen LogP contribution >= 0.6 is 24.2 Å². The Morgan fingerprint density at radius 3 is 2.46 bits per heavy atom. The summed E-state index contributed by atoms with van der Waals surface area (Å²) in [4.78, 5) is 24.1. The van der Waals surface area contributed by atoms with Gasteiger partial charge in [-0.2, -0.15) is 11.8 Å². The molecule has 1 aliphatic heterocycles. The number of rotatable bonds is 4. The molecule has 0 spiro atoms. The predicted octanol–water partition coefficient (Wildman–Crippen LogP) is 2.67. The molecule has 2 amide bonds. The van der Waals surface area contributed by atoms with Crippen molar-refractivity contribution in [3.63, 3.8) is 0 Å². The Morgan fingerprint density at radius 2 is 1.92 bits per heavy atom. The highest BCUT2D eigenvalue weighted by molar-refractivity contribution is 7.99. The molecule has 0 aliphatic carbocycles. The first-order valence-corrected chi connectivity index (χ1v) is 9.02. The van der Waals surface area contributed by atoms with Crippen molar-refractivity contribution in [1.82, 2.24) is 10.6 Å². The first-order chi connectivity index (χ1) is 10.8. The fraction of sp³-hybridized carbons (Fsp3) is 0.529. The molecule has 5 nitrogen and oxygen atoms in total. The summed E-state index contributed by atoms with van der Waals surface area (Å²) >= 11 is 1.87. The van der Waals surface area contributed by atoms with Gasteiger partial charge in [0.2, 0.25) is 5.91 Å². The van der Waals surface area contributed by atoms with Crippen molar-refractivity contribution in [3.05, 3.63) is 29.8 Å². The highest BCUT2D eigenvalue weighted by atomic mass is 35.5. The van der Waals surface area contributed by atoms with Crippen LogP contribution in [-0.4, -0.2) is 41.4 Å². The van der Waals surface area contributed by atoms with Crippen molar-refractivity contribution >= 4 is 41.7 Å². The number of hydrogen-bond donors (Lipinski definition) is 3. The van der Waals surface area contributed by atoms with Crippen molar-refractivity contribution in [1.29, 1.82) is 0 Å². The van der Waals surface area contributed by atoms with E-state index in [0.29, 0.717) is 17.7 Å². The van der Waals surface area contributed by atoms with Crippen LogP contribution < -0.4 is 16.0 Å². The second kappa shape index (κ2) is 9.30. The van der Waals surface area contributed by atoms with E-state index < -0.39 is 0 Å². The maximum Gasteiger partial charge on any atom is 0.251 e. The Labute approximate surface area is 154 Å². The van der Waals surface area contributed by atoms with Gasteiger partial charge in [-0.1, -0.05) is 0 Å². The Kier molecular flexibility index (Phi) is 8.06. The Morgan fingerprint density at radius 1 is 1.25 bits per heavy atom. The summed E-state index contributed by atoms with van der Waals surface area (Å²) < 4.78 is 0. The van der Waals surface area contributed by atoms with Crippen LogP contribution in [0.3, 0.4) is 0 Å². The number of anilines is 1. The first-order valence-electron chi connectivity index (χ1n) is 7.87. The summed E-state index contributed by atoms with van der Waals surface area (Å²) in [6.07, 6.45) is 0.471. The highest BCUT2D eigenvalue weighted by Crippen LogP contribution is 2.14. The maximum atomic E-state index is 12.0. The molecule has 1 saturated heterocycles. The molecule has 1 heterocycles. The second-order valence-electron chi connectivity index (χ2n) is 6.76. The number of hydrogen-bond acceptors (Lipinski definition) is 4. The van der Waals surface area contributed by atoms with E-state index in [0.717, 1.165) is 18.1 Å². The van der Waals surface area contributed by atoms with E-state index in [4.69, 9.17) is 0 Å². The van der Waals surface area contributed by atoms with Gasteiger partial charge in [-0.15, -0.1) is 12.4 Å². The van der Waals surface area contributed by atoms with Crippen LogP contribution in [-0.2, 0) is 4.79 Å². The van der Waals surface area contributed by atoms with Crippen molar-refractivity contribution in [2.24, 2.45) is 0 Å².